The molecule has 1 spiro atoms. The number of ether oxygens (including phenoxy) is 4. The molecule has 3 heterocycles. The van der Waals surface area contributed by atoms with Crippen molar-refractivity contribution in [3.05, 3.63) is 0 Å². The van der Waals surface area contributed by atoms with Crippen molar-refractivity contribution < 1.29 is 33.6 Å². The van der Waals surface area contributed by atoms with Crippen molar-refractivity contribution in [2.45, 2.75) is 69.2 Å². The largest absolute Gasteiger partial charge is 0.459 e. The van der Waals surface area contributed by atoms with Gasteiger partial charge in [-0.25, -0.2) is 0 Å². The van der Waals surface area contributed by atoms with Crippen LogP contribution >= 0.6 is 0 Å². The molecule has 1 N–H and O–H groups in total. The second-order valence-corrected chi connectivity index (χ2v) is 8.46. The minimum atomic E-state index is -1.43. The second-order valence-electron chi connectivity index (χ2n) is 8.46. The Morgan fingerprint density at radius 1 is 1.21 bits per heavy atom. The predicted octanol–water partition coefficient (Wildman–Crippen LogP) is 0.526. The van der Waals surface area contributed by atoms with Crippen molar-refractivity contribution in [2.24, 2.45) is 16.7 Å². The Hall–Kier alpha value is -1.18. The number of cyclic esters (lactones) is 1. The molecular weight excluding hydrogens is 316 g/mol. The standard InChI is InChI=1S/C17H22O7/c1-14-5-4-6-15(2)10(14)9(23-12(14)19)11-17(24-11)13(21-3)22-8(18)7-16(15,17)20/h9-11,13,20H,4-7H2,1-3H3/t9-,10-,11+,13-,14-,15-,16-,17-/m0/s1. The van der Waals surface area contributed by atoms with E-state index in [-0.39, 0.29) is 18.3 Å². The van der Waals surface area contributed by atoms with Gasteiger partial charge in [-0.15, -0.1) is 0 Å². The summed E-state index contributed by atoms with van der Waals surface area (Å²) in [5.74, 6) is -0.903. The van der Waals surface area contributed by atoms with Crippen molar-refractivity contribution in [1.29, 1.82) is 0 Å². The lowest BCUT2D eigenvalue weighted by atomic mass is 9.43. The zero-order valence-corrected chi connectivity index (χ0v) is 14.0. The molecule has 5 rings (SSSR count). The summed E-state index contributed by atoms with van der Waals surface area (Å²) in [5.41, 5.74) is -3.90. The fraction of sp³-hybridized carbons (Fsp3) is 0.882. The minimum absolute atomic E-state index is 0.145. The Morgan fingerprint density at radius 3 is 2.67 bits per heavy atom. The zero-order chi connectivity index (χ0) is 17.1. The summed E-state index contributed by atoms with van der Waals surface area (Å²) in [7, 11) is 1.43. The number of carbonyl (C=O) groups excluding carboxylic acids is 2. The van der Waals surface area contributed by atoms with Crippen LogP contribution in [0.15, 0.2) is 0 Å². The van der Waals surface area contributed by atoms with Crippen LogP contribution in [0.1, 0.15) is 39.5 Å². The predicted molar refractivity (Wildman–Crippen MR) is 77.5 cm³/mol. The summed E-state index contributed by atoms with van der Waals surface area (Å²) in [6, 6.07) is 0. The molecule has 2 aliphatic carbocycles. The summed E-state index contributed by atoms with van der Waals surface area (Å²) in [6.07, 6.45) is 0.174. The number of fused-ring (bicyclic) bond motifs is 2. The first-order valence-corrected chi connectivity index (χ1v) is 8.58. The maximum absolute atomic E-state index is 12.6. The number of hydrogen-bond donors (Lipinski definition) is 1. The number of esters is 2. The van der Waals surface area contributed by atoms with Gasteiger partial charge in [-0.3, -0.25) is 9.59 Å². The number of carbonyl (C=O) groups is 2. The molecule has 3 saturated heterocycles. The smallest absolute Gasteiger partial charge is 0.312 e. The summed E-state index contributed by atoms with van der Waals surface area (Å²) < 4.78 is 22.4. The quantitative estimate of drug-likeness (QED) is 0.550. The van der Waals surface area contributed by atoms with Crippen LogP contribution in [0.4, 0.5) is 0 Å². The molecule has 7 nitrogen and oxygen atoms in total. The molecule has 0 aromatic rings. The monoisotopic (exact) mass is 338 g/mol. The first-order valence-electron chi connectivity index (χ1n) is 8.58. The van der Waals surface area contributed by atoms with E-state index in [0.717, 1.165) is 12.8 Å². The van der Waals surface area contributed by atoms with Gasteiger partial charge in [0.25, 0.3) is 0 Å². The van der Waals surface area contributed by atoms with Gasteiger partial charge in [-0.2, -0.15) is 0 Å². The molecule has 24 heavy (non-hydrogen) atoms. The Morgan fingerprint density at radius 2 is 1.96 bits per heavy atom. The van der Waals surface area contributed by atoms with E-state index in [0.29, 0.717) is 6.42 Å². The van der Waals surface area contributed by atoms with E-state index in [4.69, 9.17) is 18.9 Å². The van der Waals surface area contributed by atoms with Crippen LogP contribution in [0.2, 0.25) is 0 Å². The molecule has 0 bridgehead atoms. The number of methoxy groups -OCH3 is 1. The van der Waals surface area contributed by atoms with Gasteiger partial charge in [0.2, 0.25) is 6.29 Å². The van der Waals surface area contributed by atoms with Gasteiger partial charge in [-0.1, -0.05) is 13.3 Å². The second kappa shape index (κ2) is 3.97. The van der Waals surface area contributed by atoms with Gasteiger partial charge in [0.1, 0.15) is 17.8 Å². The Bertz CT molecular complexity index is 663. The fourth-order valence-electron chi connectivity index (χ4n) is 6.49. The number of rotatable bonds is 1. The van der Waals surface area contributed by atoms with Crippen molar-refractivity contribution >= 4 is 11.9 Å². The van der Waals surface area contributed by atoms with Crippen LogP contribution in [-0.2, 0) is 28.5 Å². The molecule has 0 aromatic carbocycles. The topological polar surface area (TPSA) is 94.6 Å². The van der Waals surface area contributed by atoms with Gasteiger partial charge >= 0.3 is 11.9 Å². The third-order valence-corrected chi connectivity index (χ3v) is 7.58. The van der Waals surface area contributed by atoms with E-state index in [1.807, 2.05) is 13.8 Å². The molecule has 5 aliphatic rings. The highest BCUT2D eigenvalue weighted by Crippen LogP contribution is 2.74. The molecular formula is C17H22O7. The summed E-state index contributed by atoms with van der Waals surface area (Å²) >= 11 is 0. The van der Waals surface area contributed by atoms with Gasteiger partial charge in [-0.05, 0) is 19.8 Å². The molecule has 0 unspecified atom stereocenters. The molecule has 5 fully saturated rings. The maximum atomic E-state index is 12.6. The van der Waals surface area contributed by atoms with Crippen LogP contribution in [0.3, 0.4) is 0 Å². The molecule has 0 aromatic heterocycles. The molecule has 8 atom stereocenters. The van der Waals surface area contributed by atoms with E-state index < -0.39 is 46.5 Å². The molecule has 0 amide bonds. The molecule has 132 valence electrons. The van der Waals surface area contributed by atoms with Crippen LogP contribution in [0.5, 0.6) is 0 Å². The summed E-state index contributed by atoms with van der Waals surface area (Å²) in [5, 5.41) is 11.8. The third kappa shape index (κ3) is 1.25. The van der Waals surface area contributed by atoms with Crippen molar-refractivity contribution in [3.8, 4) is 0 Å². The lowest BCUT2D eigenvalue weighted by Gasteiger charge is -2.61. The summed E-state index contributed by atoms with van der Waals surface area (Å²) in [4.78, 5) is 24.8. The summed E-state index contributed by atoms with van der Waals surface area (Å²) in [6.45, 7) is 3.89. The van der Waals surface area contributed by atoms with Crippen molar-refractivity contribution in [1.82, 2.24) is 0 Å². The van der Waals surface area contributed by atoms with Crippen molar-refractivity contribution in [3.63, 3.8) is 0 Å². The Labute approximate surface area is 139 Å². The SMILES string of the molecule is CO[C@H]1OC(=O)C[C@@]2(O)[C@@]13O[C@@H]3[C@H]1OC(=O)[C@@]3(C)CCC[C@@]2(C)[C@@H]13. The van der Waals surface area contributed by atoms with Crippen LogP contribution < -0.4 is 0 Å². The van der Waals surface area contributed by atoms with Gasteiger partial charge in [0, 0.05) is 18.4 Å². The van der Waals surface area contributed by atoms with Gasteiger partial charge in [0.05, 0.1) is 11.8 Å². The van der Waals surface area contributed by atoms with Gasteiger partial charge in [0.15, 0.2) is 5.60 Å². The average molecular weight is 338 g/mol. The fourth-order valence-corrected chi connectivity index (χ4v) is 6.49. The van der Waals surface area contributed by atoms with E-state index >= 15 is 0 Å². The van der Waals surface area contributed by atoms with Crippen LogP contribution in [0, 0.1) is 16.7 Å². The van der Waals surface area contributed by atoms with E-state index in [1.165, 1.54) is 7.11 Å². The highest BCUT2D eigenvalue weighted by molar-refractivity contribution is 5.81. The van der Waals surface area contributed by atoms with E-state index in [2.05, 4.69) is 0 Å². The van der Waals surface area contributed by atoms with Crippen LogP contribution in [-0.4, -0.2) is 53.9 Å². The molecule has 2 saturated carbocycles. The molecule has 0 radical (unpaired) electrons. The highest BCUT2D eigenvalue weighted by Gasteiger charge is 2.90. The van der Waals surface area contributed by atoms with Crippen LogP contribution in [0.25, 0.3) is 0 Å². The molecule has 7 heteroatoms. The van der Waals surface area contributed by atoms with Crippen molar-refractivity contribution in [2.75, 3.05) is 7.11 Å². The number of aliphatic hydroxyl groups is 1. The minimum Gasteiger partial charge on any atom is -0.459 e. The molecule has 3 aliphatic heterocycles. The Kier molecular flexibility index (Phi) is 2.50. The third-order valence-electron chi connectivity index (χ3n) is 7.58. The maximum Gasteiger partial charge on any atom is 0.312 e. The van der Waals surface area contributed by atoms with E-state index in [9.17, 15) is 14.7 Å². The lowest BCUT2D eigenvalue weighted by Crippen LogP contribution is -2.75. The van der Waals surface area contributed by atoms with Gasteiger partial charge < -0.3 is 24.1 Å². The van der Waals surface area contributed by atoms with E-state index in [1.54, 1.807) is 0 Å². The first kappa shape index (κ1) is 15.1. The lowest BCUT2D eigenvalue weighted by molar-refractivity contribution is -0.287. The normalized spacial score (nSPS) is 60.5. The average Bonchev–Trinajstić information content (AvgIpc) is 3.20. The first-order chi connectivity index (χ1) is 11.2. The number of epoxide rings is 1. The zero-order valence-electron chi connectivity index (χ0n) is 14.0. The highest BCUT2D eigenvalue weighted by atomic mass is 16.8. The Balaban J connectivity index is 1.72. The number of hydrogen-bond acceptors (Lipinski definition) is 7.